The Bertz CT molecular complexity index is 823. The van der Waals surface area contributed by atoms with Gasteiger partial charge in [0.25, 0.3) is 5.91 Å². The fourth-order valence-electron chi connectivity index (χ4n) is 3.30. The van der Waals surface area contributed by atoms with Crippen LogP contribution < -0.4 is 10.2 Å². The second-order valence-corrected chi connectivity index (χ2v) is 7.66. The fraction of sp³-hybridized carbons (Fsp3) is 0.455. The lowest BCUT2D eigenvalue weighted by Gasteiger charge is -2.36. The van der Waals surface area contributed by atoms with Crippen LogP contribution in [0.3, 0.4) is 0 Å². The molecule has 0 radical (unpaired) electrons. The molecule has 2 aromatic rings. The highest BCUT2D eigenvalue weighted by Gasteiger charge is 2.20. The quantitative estimate of drug-likeness (QED) is 0.688. The van der Waals surface area contributed by atoms with Crippen molar-refractivity contribution in [3.05, 3.63) is 54.0 Å². The molecule has 0 spiro atoms. The summed E-state index contributed by atoms with van der Waals surface area (Å²) in [7, 11) is 0. The molecule has 2 N–H and O–H groups in total. The van der Waals surface area contributed by atoms with Crippen LogP contribution >= 0.6 is 0 Å². The highest BCUT2D eigenvalue weighted by molar-refractivity contribution is 6.04. The van der Waals surface area contributed by atoms with Crippen LogP contribution in [0.2, 0.25) is 0 Å². The van der Waals surface area contributed by atoms with E-state index in [0.717, 1.165) is 32.0 Å². The normalized spacial score (nSPS) is 16.0. The molecule has 7 nitrogen and oxygen atoms in total. The van der Waals surface area contributed by atoms with Crippen molar-refractivity contribution in [3.8, 4) is 0 Å². The van der Waals surface area contributed by atoms with Crippen LogP contribution in [-0.2, 0) is 4.74 Å². The van der Waals surface area contributed by atoms with E-state index in [2.05, 4.69) is 20.1 Å². The van der Waals surface area contributed by atoms with Crippen molar-refractivity contribution in [1.82, 2.24) is 9.88 Å². The van der Waals surface area contributed by atoms with Crippen molar-refractivity contribution in [3.63, 3.8) is 0 Å². The first-order chi connectivity index (χ1) is 14.4. The third kappa shape index (κ3) is 6.22. The number of anilines is 2. The smallest absolute Gasteiger partial charge is 0.258 e. The molecule has 8 heteroatoms. The average Bonchev–Trinajstić information content (AvgIpc) is 2.74. The monoisotopic (exact) mass is 416 g/mol. The zero-order valence-electron chi connectivity index (χ0n) is 17.4. The molecular formula is C22H29FN4O3. The molecule has 1 saturated heterocycles. The molecule has 162 valence electrons. The molecule has 1 aliphatic heterocycles. The number of nitrogens with one attached hydrogen (secondary N) is 1. The van der Waals surface area contributed by atoms with E-state index in [1.807, 2.05) is 19.9 Å². The Morgan fingerprint density at radius 3 is 2.57 bits per heavy atom. The number of nitrogens with zero attached hydrogens (tertiary/aromatic N) is 3. The molecular weight excluding hydrogens is 387 g/mol. The van der Waals surface area contributed by atoms with Crippen molar-refractivity contribution >= 4 is 17.4 Å². The van der Waals surface area contributed by atoms with Gasteiger partial charge in [0.15, 0.2) is 0 Å². The summed E-state index contributed by atoms with van der Waals surface area (Å²) < 4.78 is 19.2. The lowest BCUT2D eigenvalue weighted by molar-refractivity contribution is -0.00900. The van der Waals surface area contributed by atoms with Crippen LogP contribution in [0, 0.1) is 5.82 Å². The molecule has 30 heavy (non-hydrogen) atoms. The third-order valence-electron chi connectivity index (χ3n) is 4.91. The first-order valence-corrected chi connectivity index (χ1v) is 10.2. The van der Waals surface area contributed by atoms with Crippen LogP contribution in [0.4, 0.5) is 15.9 Å². The summed E-state index contributed by atoms with van der Waals surface area (Å²) in [5.41, 5.74) is 0.512. The summed E-state index contributed by atoms with van der Waals surface area (Å²) >= 11 is 0. The molecule has 1 aliphatic rings. The topological polar surface area (TPSA) is 77.9 Å². The molecule has 0 unspecified atom stereocenters. The zero-order chi connectivity index (χ0) is 21.5. The Labute approximate surface area is 176 Å². The summed E-state index contributed by atoms with van der Waals surface area (Å²) in [6.45, 7) is 8.09. The minimum atomic E-state index is -0.557. The number of benzene rings is 1. The lowest BCUT2D eigenvalue weighted by Crippen LogP contribution is -2.49. The largest absolute Gasteiger partial charge is 0.389 e. The number of β-amino-alcohol motifs (C(OH)–C–C–N with tert-alkyl or cyclic N) is 1. The molecule has 1 aromatic carbocycles. The first-order valence-electron chi connectivity index (χ1n) is 10.2. The van der Waals surface area contributed by atoms with E-state index in [1.54, 1.807) is 24.4 Å². The fourth-order valence-corrected chi connectivity index (χ4v) is 3.30. The number of aromatic nitrogens is 1. The number of carbonyl (C=O) groups excluding carboxylic acids is 1. The van der Waals surface area contributed by atoms with Crippen molar-refractivity contribution in [2.75, 3.05) is 49.5 Å². The summed E-state index contributed by atoms with van der Waals surface area (Å²) in [6.07, 6.45) is 1.20. The second kappa shape index (κ2) is 10.5. The van der Waals surface area contributed by atoms with E-state index in [0.29, 0.717) is 18.8 Å². The predicted molar refractivity (Wildman–Crippen MR) is 114 cm³/mol. The second-order valence-electron chi connectivity index (χ2n) is 7.66. The third-order valence-corrected chi connectivity index (χ3v) is 4.91. The maximum atomic E-state index is 13.7. The van der Waals surface area contributed by atoms with Gasteiger partial charge in [-0.3, -0.25) is 9.69 Å². The van der Waals surface area contributed by atoms with E-state index in [1.165, 1.54) is 12.1 Å². The van der Waals surface area contributed by atoms with Gasteiger partial charge in [-0.2, -0.15) is 0 Å². The van der Waals surface area contributed by atoms with Gasteiger partial charge in [-0.1, -0.05) is 12.1 Å². The Morgan fingerprint density at radius 2 is 1.93 bits per heavy atom. The van der Waals surface area contributed by atoms with E-state index in [-0.39, 0.29) is 11.7 Å². The van der Waals surface area contributed by atoms with Gasteiger partial charge in [-0.25, -0.2) is 9.37 Å². The number of hydrogen-bond acceptors (Lipinski definition) is 6. The Morgan fingerprint density at radius 1 is 1.20 bits per heavy atom. The number of hydrogen-bond donors (Lipinski definition) is 2. The summed E-state index contributed by atoms with van der Waals surface area (Å²) in [6, 6.07) is 9.47. The summed E-state index contributed by atoms with van der Waals surface area (Å²) in [4.78, 5) is 21.0. The van der Waals surface area contributed by atoms with Crippen molar-refractivity contribution in [1.29, 1.82) is 0 Å². The molecule has 0 aliphatic carbocycles. The average molecular weight is 416 g/mol. The number of aliphatic hydroxyl groups is 1. The molecule has 2 heterocycles. The van der Waals surface area contributed by atoms with Gasteiger partial charge in [0, 0.05) is 32.7 Å². The number of rotatable bonds is 8. The number of amides is 1. The van der Waals surface area contributed by atoms with Crippen molar-refractivity contribution < 1.29 is 19.0 Å². The van der Waals surface area contributed by atoms with Gasteiger partial charge in [0.05, 0.1) is 36.3 Å². The Hall–Kier alpha value is -2.55. The summed E-state index contributed by atoms with van der Waals surface area (Å²) in [5.74, 6) is -0.239. The number of piperazine rings is 1. The van der Waals surface area contributed by atoms with Gasteiger partial charge in [0.1, 0.15) is 11.6 Å². The van der Waals surface area contributed by atoms with Crippen LogP contribution in [0.5, 0.6) is 0 Å². The van der Waals surface area contributed by atoms with Crippen molar-refractivity contribution in [2.45, 2.75) is 26.1 Å². The number of ether oxygens (including phenoxy) is 1. The molecule has 0 bridgehead atoms. The zero-order valence-corrected chi connectivity index (χ0v) is 17.4. The van der Waals surface area contributed by atoms with Crippen LogP contribution in [-0.4, -0.2) is 72.4 Å². The number of halogens is 1. The molecule has 1 fully saturated rings. The Balaban J connectivity index is 1.48. The van der Waals surface area contributed by atoms with Gasteiger partial charge in [0.2, 0.25) is 0 Å². The standard InChI is InChI=1S/C22H29FN4O3/c1-16(2)30-15-18(28)14-26-9-11-27(12-10-26)21-8-7-17(13-24-21)25-22(29)19-5-3-4-6-20(19)23/h3-8,13,16,18,28H,9-12,14-15H2,1-2H3,(H,25,29)/t18-/m1/s1. The van der Waals surface area contributed by atoms with E-state index < -0.39 is 17.8 Å². The minimum absolute atomic E-state index is 0.00122. The SMILES string of the molecule is CC(C)OC[C@H](O)CN1CCN(c2ccc(NC(=O)c3ccccc3F)cn2)CC1. The molecule has 1 amide bonds. The molecule has 1 aromatic heterocycles. The van der Waals surface area contributed by atoms with Crippen molar-refractivity contribution in [2.24, 2.45) is 0 Å². The van der Waals surface area contributed by atoms with Gasteiger partial charge >= 0.3 is 0 Å². The van der Waals surface area contributed by atoms with Gasteiger partial charge in [-0.15, -0.1) is 0 Å². The first kappa shape index (κ1) is 22.1. The van der Waals surface area contributed by atoms with Crippen LogP contribution in [0.25, 0.3) is 0 Å². The number of aliphatic hydroxyl groups excluding tert-OH is 1. The van der Waals surface area contributed by atoms with Gasteiger partial charge in [-0.05, 0) is 38.1 Å². The van der Waals surface area contributed by atoms with Crippen LogP contribution in [0.1, 0.15) is 24.2 Å². The molecule has 0 saturated carbocycles. The number of pyridine rings is 1. The van der Waals surface area contributed by atoms with E-state index >= 15 is 0 Å². The minimum Gasteiger partial charge on any atom is -0.389 e. The maximum Gasteiger partial charge on any atom is 0.258 e. The highest BCUT2D eigenvalue weighted by atomic mass is 19.1. The molecule has 3 rings (SSSR count). The molecule has 1 atom stereocenters. The van der Waals surface area contributed by atoms with E-state index in [9.17, 15) is 14.3 Å². The predicted octanol–water partition coefficient (Wildman–Crippen LogP) is 2.38. The highest BCUT2D eigenvalue weighted by Crippen LogP contribution is 2.17. The number of carbonyl (C=O) groups is 1. The van der Waals surface area contributed by atoms with Crippen LogP contribution in [0.15, 0.2) is 42.6 Å². The van der Waals surface area contributed by atoms with E-state index in [4.69, 9.17) is 4.74 Å². The Kier molecular flexibility index (Phi) is 7.73. The maximum absolute atomic E-state index is 13.7. The van der Waals surface area contributed by atoms with Gasteiger partial charge < -0.3 is 20.1 Å². The lowest BCUT2D eigenvalue weighted by atomic mass is 10.2. The summed E-state index contributed by atoms with van der Waals surface area (Å²) in [5, 5.41) is 12.8.